The number of rotatable bonds is 1. The Morgan fingerprint density at radius 1 is 1.29 bits per heavy atom. The number of halogens is 3. The maximum Gasteiger partial charge on any atom is 0.145 e. The third-order valence-corrected chi connectivity index (χ3v) is 0.866. The fraction of sp³-hybridized carbons (Fsp3) is 1.00. The molecule has 0 spiro atoms. The first-order chi connectivity index (χ1) is 1.91. The van der Waals surface area contributed by atoms with E-state index >= 15 is 0 Å². The molecule has 0 aromatic carbocycles. The van der Waals surface area contributed by atoms with Gasteiger partial charge in [0, 0.05) is 6.61 Å². The Morgan fingerprint density at radius 3 is 1.43 bits per heavy atom. The molecule has 0 atom stereocenters. The molecule has 7 heavy (non-hydrogen) atoms. The van der Waals surface area contributed by atoms with Gasteiger partial charge >= 0.3 is 0 Å². The second kappa shape index (κ2) is 27.8. The van der Waals surface area contributed by atoms with Crippen LogP contribution in [0.3, 0.4) is 0 Å². The summed E-state index contributed by atoms with van der Waals surface area (Å²) in [5.74, 6) is 0. The van der Waals surface area contributed by atoms with Crippen LogP contribution in [0.2, 0.25) is 0 Å². The molecule has 5 heteroatoms. The van der Waals surface area contributed by atoms with Crippen LogP contribution in [0.25, 0.3) is 0 Å². The average Bonchev–Trinajstić information content (AvgIpc) is 1.37. The van der Waals surface area contributed by atoms with Gasteiger partial charge in [0.05, 0.1) is 0 Å². The monoisotopic (exact) mass is 184 g/mol. The topological polar surface area (TPSA) is 9.23 Å². The quantitative estimate of drug-likeness (QED) is 0.543. The van der Waals surface area contributed by atoms with Crippen molar-refractivity contribution in [1.29, 1.82) is 0 Å². The van der Waals surface area contributed by atoms with Crippen molar-refractivity contribution in [1.82, 2.24) is 0 Å². The van der Waals surface area contributed by atoms with E-state index in [1.165, 1.54) is 0 Å². The molecule has 0 unspecified atom stereocenters. The molecule has 0 bridgehead atoms. The zero-order valence-corrected chi connectivity index (χ0v) is 8.79. The standard InChI is InChI=1S/C2H8OSi.3ClH/c1-2-3-4;;;/h2H2,1,4H3;3*1H. The molecule has 0 aromatic heterocycles. The molecule has 0 amide bonds. The highest BCUT2D eigenvalue weighted by atomic mass is 35.5. The highest BCUT2D eigenvalue weighted by Crippen LogP contribution is 1.50. The second-order valence-corrected chi connectivity index (χ2v) is 1.15. The van der Waals surface area contributed by atoms with Gasteiger partial charge in [-0.25, -0.2) is 0 Å². The summed E-state index contributed by atoms with van der Waals surface area (Å²) in [6, 6.07) is 0. The minimum Gasteiger partial charge on any atom is -0.428 e. The molecule has 0 saturated carbocycles. The lowest BCUT2D eigenvalue weighted by molar-refractivity contribution is 0.375. The summed E-state index contributed by atoms with van der Waals surface area (Å²) in [5.41, 5.74) is 0. The van der Waals surface area contributed by atoms with Crippen LogP contribution >= 0.6 is 37.2 Å². The van der Waals surface area contributed by atoms with E-state index < -0.39 is 0 Å². The lowest BCUT2D eigenvalue weighted by Crippen LogP contribution is -1.76. The molecule has 0 fully saturated rings. The van der Waals surface area contributed by atoms with E-state index in [0.717, 1.165) is 17.1 Å². The van der Waals surface area contributed by atoms with Crippen molar-refractivity contribution in [3.8, 4) is 0 Å². The molecule has 0 saturated heterocycles. The van der Waals surface area contributed by atoms with Gasteiger partial charge in [0.2, 0.25) is 0 Å². The Bertz CT molecular complexity index is 14.9. The van der Waals surface area contributed by atoms with Gasteiger partial charge in [0.25, 0.3) is 0 Å². The Labute approximate surface area is 66.0 Å². The molecule has 0 aliphatic carbocycles. The van der Waals surface area contributed by atoms with Crippen molar-refractivity contribution < 1.29 is 4.43 Å². The van der Waals surface area contributed by atoms with E-state index in [2.05, 4.69) is 4.43 Å². The van der Waals surface area contributed by atoms with E-state index in [1.54, 1.807) is 0 Å². The second-order valence-electron chi connectivity index (χ2n) is 0.577. The van der Waals surface area contributed by atoms with Crippen molar-refractivity contribution in [2.75, 3.05) is 6.61 Å². The summed E-state index contributed by atoms with van der Waals surface area (Å²) < 4.78 is 4.68. The molecule has 0 N–H and O–H groups in total. The molecule has 0 radical (unpaired) electrons. The maximum atomic E-state index is 4.68. The van der Waals surface area contributed by atoms with Crippen molar-refractivity contribution in [2.24, 2.45) is 0 Å². The van der Waals surface area contributed by atoms with Gasteiger partial charge in [-0.05, 0) is 6.92 Å². The van der Waals surface area contributed by atoms with E-state index in [0.29, 0.717) is 0 Å². The van der Waals surface area contributed by atoms with Crippen LogP contribution in [0.4, 0.5) is 0 Å². The minimum absolute atomic E-state index is 0. The first-order valence-corrected chi connectivity index (χ1v) is 2.22. The van der Waals surface area contributed by atoms with Gasteiger partial charge in [-0.3, -0.25) is 0 Å². The van der Waals surface area contributed by atoms with Crippen LogP contribution in [0, 0.1) is 0 Å². The van der Waals surface area contributed by atoms with Crippen LogP contribution in [0.1, 0.15) is 6.92 Å². The van der Waals surface area contributed by atoms with Crippen molar-refractivity contribution in [2.45, 2.75) is 6.92 Å². The van der Waals surface area contributed by atoms with Gasteiger partial charge in [-0.15, -0.1) is 37.2 Å². The summed E-state index contributed by atoms with van der Waals surface area (Å²) in [4.78, 5) is 0. The molecular weight excluding hydrogens is 174 g/mol. The van der Waals surface area contributed by atoms with E-state index in [4.69, 9.17) is 0 Å². The van der Waals surface area contributed by atoms with Crippen LogP contribution in [-0.2, 0) is 4.43 Å². The highest BCUT2D eigenvalue weighted by Gasteiger charge is 1.51. The summed E-state index contributed by atoms with van der Waals surface area (Å²) in [5, 5.41) is 0. The molecule has 0 rings (SSSR count). The summed E-state index contributed by atoms with van der Waals surface area (Å²) in [6.45, 7) is 2.87. The Kier molecular flexibility index (Phi) is 96.7. The van der Waals surface area contributed by atoms with Crippen LogP contribution in [-0.4, -0.2) is 17.1 Å². The van der Waals surface area contributed by atoms with Crippen LogP contribution in [0.15, 0.2) is 0 Å². The molecule has 1 nitrogen and oxygen atoms in total. The Hall–Kier alpha value is 1.05. The molecule has 0 aliphatic rings. The van der Waals surface area contributed by atoms with Gasteiger partial charge in [0.1, 0.15) is 10.5 Å². The molecule has 0 heterocycles. The first kappa shape index (κ1) is 24.4. The lowest BCUT2D eigenvalue weighted by atomic mass is 10.9. The predicted molar refractivity (Wildman–Crippen MR) is 43.3 cm³/mol. The summed E-state index contributed by atoms with van der Waals surface area (Å²) in [7, 11) is 0.890. The SMILES string of the molecule is CCO[SiH3].Cl.Cl.Cl. The van der Waals surface area contributed by atoms with E-state index in [-0.39, 0.29) is 37.2 Å². The zero-order chi connectivity index (χ0) is 3.41. The lowest BCUT2D eigenvalue weighted by Gasteiger charge is -1.77. The number of hydrogen-bond donors (Lipinski definition) is 0. The molecule has 0 aromatic rings. The van der Waals surface area contributed by atoms with Gasteiger partial charge in [-0.2, -0.15) is 0 Å². The Balaban J connectivity index is -0.0000000150. The summed E-state index contributed by atoms with van der Waals surface area (Å²) in [6.07, 6.45) is 0. The van der Waals surface area contributed by atoms with Gasteiger partial charge in [-0.1, -0.05) is 0 Å². The fourth-order valence-electron chi connectivity index (χ4n) is 0. The smallest absolute Gasteiger partial charge is 0.145 e. The van der Waals surface area contributed by atoms with Crippen molar-refractivity contribution in [3.05, 3.63) is 0 Å². The van der Waals surface area contributed by atoms with E-state index in [9.17, 15) is 0 Å². The molecular formula is C2H11Cl3OSi. The minimum atomic E-state index is 0. The first-order valence-electron chi connectivity index (χ1n) is 1.40. The number of hydrogen-bond acceptors (Lipinski definition) is 1. The Morgan fingerprint density at radius 2 is 1.43 bits per heavy atom. The van der Waals surface area contributed by atoms with Crippen LogP contribution < -0.4 is 0 Å². The summed E-state index contributed by atoms with van der Waals surface area (Å²) >= 11 is 0. The molecule has 0 aliphatic heterocycles. The fourth-order valence-corrected chi connectivity index (χ4v) is 0. The van der Waals surface area contributed by atoms with Crippen LogP contribution in [0.5, 0.6) is 0 Å². The highest BCUT2D eigenvalue weighted by molar-refractivity contribution is 5.97. The average molecular weight is 186 g/mol. The van der Waals surface area contributed by atoms with Crippen molar-refractivity contribution in [3.63, 3.8) is 0 Å². The van der Waals surface area contributed by atoms with Gasteiger partial charge in [0.15, 0.2) is 0 Å². The third kappa shape index (κ3) is 42.8. The van der Waals surface area contributed by atoms with E-state index in [1.807, 2.05) is 6.92 Å². The predicted octanol–water partition coefficient (Wildman–Crippen LogP) is 0.569. The molecule has 50 valence electrons. The van der Waals surface area contributed by atoms with Gasteiger partial charge < -0.3 is 4.43 Å². The maximum absolute atomic E-state index is 4.68. The van der Waals surface area contributed by atoms with Crippen molar-refractivity contribution >= 4 is 47.7 Å². The largest absolute Gasteiger partial charge is 0.428 e. The third-order valence-electron chi connectivity index (χ3n) is 0.289. The normalized spacial score (nSPS) is 4.71. The zero-order valence-electron chi connectivity index (χ0n) is 4.34.